The van der Waals surface area contributed by atoms with Crippen molar-refractivity contribution in [3.63, 3.8) is 0 Å². The predicted molar refractivity (Wildman–Crippen MR) is 73.0 cm³/mol. The second kappa shape index (κ2) is 5.29. The number of hydrogen-bond acceptors (Lipinski definition) is 4. The smallest absolute Gasteiger partial charge is 0.272 e. The number of amides is 1. The van der Waals surface area contributed by atoms with E-state index in [1.54, 1.807) is 13.0 Å². The van der Waals surface area contributed by atoms with Crippen molar-refractivity contribution < 1.29 is 9.72 Å². The molecular weight excluding hydrogens is 258 g/mol. The number of hydrogen-bond donors (Lipinski definition) is 1. The molecule has 0 bridgehead atoms. The maximum absolute atomic E-state index is 12.2. The summed E-state index contributed by atoms with van der Waals surface area (Å²) in [6, 6.07) is 6.52. The minimum atomic E-state index is -0.949. The van der Waals surface area contributed by atoms with Gasteiger partial charge in [-0.25, -0.2) is 0 Å². The van der Waals surface area contributed by atoms with Gasteiger partial charge in [-0.05, 0) is 31.9 Å². The minimum absolute atomic E-state index is 0.0128. The molecule has 0 saturated heterocycles. The molecule has 0 atom stereocenters. The Hall–Kier alpha value is -2.42. The Morgan fingerprint density at radius 2 is 2.10 bits per heavy atom. The number of anilines is 1. The summed E-state index contributed by atoms with van der Waals surface area (Å²) >= 11 is 0. The van der Waals surface area contributed by atoms with Crippen LogP contribution in [-0.2, 0) is 4.79 Å². The quantitative estimate of drug-likeness (QED) is 0.676. The molecule has 0 aliphatic heterocycles. The standard InChI is InChI=1S/C14H15N3O3/c1-10-8-11(4-5-12(10)17(19)20)16-13(18)14(9-15)6-2-3-7-14/h4-5,8H,2-3,6-7H2,1H3,(H,16,18). The van der Waals surface area contributed by atoms with Crippen LogP contribution in [-0.4, -0.2) is 10.8 Å². The Morgan fingerprint density at radius 3 is 2.60 bits per heavy atom. The van der Waals surface area contributed by atoms with Gasteiger partial charge in [-0.15, -0.1) is 0 Å². The molecule has 104 valence electrons. The number of aryl methyl sites for hydroxylation is 1. The number of carbonyl (C=O) groups excluding carboxylic acids is 1. The molecule has 20 heavy (non-hydrogen) atoms. The van der Waals surface area contributed by atoms with Crippen molar-refractivity contribution in [1.82, 2.24) is 0 Å². The first-order chi connectivity index (χ1) is 9.48. The van der Waals surface area contributed by atoms with Gasteiger partial charge in [0.25, 0.3) is 5.69 Å². The highest BCUT2D eigenvalue weighted by atomic mass is 16.6. The number of rotatable bonds is 3. The van der Waals surface area contributed by atoms with Crippen molar-refractivity contribution in [2.24, 2.45) is 5.41 Å². The Kier molecular flexibility index (Phi) is 3.70. The van der Waals surface area contributed by atoms with Crippen LogP contribution < -0.4 is 5.32 Å². The Morgan fingerprint density at radius 1 is 1.45 bits per heavy atom. The van der Waals surface area contributed by atoms with E-state index in [1.165, 1.54) is 12.1 Å². The molecule has 0 heterocycles. The van der Waals surface area contributed by atoms with Crippen molar-refractivity contribution in [2.75, 3.05) is 5.32 Å². The summed E-state index contributed by atoms with van der Waals surface area (Å²) in [5, 5.41) is 22.7. The molecule has 6 nitrogen and oxygen atoms in total. The van der Waals surface area contributed by atoms with E-state index in [2.05, 4.69) is 11.4 Å². The van der Waals surface area contributed by atoms with Crippen molar-refractivity contribution >= 4 is 17.3 Å². The fourth-order valence-electron chi connectivity index (χ4n) is 2.56. The average Bonchev–Trinajstić information content (AvgIpc) is 2.88. The second-order valence-electron chi connectivity index (χ2n) is 5.11. The maximum atomic E-state index is 12.2. The molecule has 1 N–H and O–H groups in total. The third-order valence-electron chi connectivity index (χ3n) is 3.76. The lowest BCUT2D eigenvalue weighted by Crippen LogP contribution is -2.32. The Labute approximate surface area is 116 Å². The van der Waals surface area contributed by atoms with E-state index in [9.17, 15) is 20.2 Å². The number of nitriles is 1. The molecule has 6 heteroatoms. The van der Waals surface area contributed by atoms with Crippen LogP contribution in [0, 0.1) is 33.8 Å². The van der Waals surface area contributed by atoms with Gasteiger partial charge in [0.1, 0.15) is 5.41 Å². The van der Waals surface area contributed by atoms with Gasteiger partial charge in [-0.2, -0.15) is 5.26 Å². The van der Waals surface area contributed by atoms with E-state index < -0.39 is 10.3 Å². The third kappa shape index (κ3) is 2.48. The first kappa shape index (κ1) is 14.0. The van der Waals surface area contributed by atoms with Gasteiger partial charge >= 0.3 is 0 Å². The van der Waals surface area contributed by atoms with E-state index in [0.29, 0.717) is 24.1 Å². The van der Waals surface area contributed by atoms with Crippen LogP contribution in [0.2, 0.25) is 0 Å². The zero-order chi connectivity index (χ0) is 14.8. The Bertz CT molecular complexity index is 598. The third-order valence-corrected chi connectivity index (χ3v) is 3.76. The molecule has 1 amide bonds. The van der Waals surface area contributed by atoms with Gasteiger partial charge in [0.2, 0.25) is 5.91 Å². The number of benzene rings is 1. The second-order valence-corrected chi connectivity index (χ2v) is 5.11. The molecule has 1 aromatic carbocycles. The van der Waals surface area contributed by atoms with Crippen LogP contribution >= 0.6 is 0 Å². The topological polar surface area (TPSA) is 96.0 Å². The molecule has 1 saturated carbocycles. The zero-order valence-electron chi connectivity index (χ0n) is 11.2. The van der Waals surface area contributed by atoms with Gasteiger partial charge in [0.15, 0.2) is 0 Å². The number of carbonyl (C=O) groups is 1. The van der Waals surface area contributed by atoms with Gasteiger partial charge < -0.3 is 5.32 Å². The van der Waals surface area contributed by atoms with Crippen LogP contribution in [0.3, 0.4) is 0 Å². The number of nitro groups is 1. The minimum Gasteiger partial charge on any atom is -0.325 e. The van der Waals surface area contributed by atoms with Crippen LogP contribution in [0.5, 0.6) is 0 Å². The lowest BCUT2D eigenvalue weighted by molar-refractivity contribution is -0.385. The highest BCUT2D eigenvalue weighted by Crippen LogP contribution is 2.38. The first-order valence-electron chi connectivity index (χ1n) is 6.46. The van der Waals surface area contributed by atoms with E-state index in [4.69, 9.17) is 0 Å². The fourth-order valence-corrected chi connectivity index (χ4v) is 2.56. The molecular formula is C14H15N3O3. The Balaban J connectivity index is 2.18. The number of nitro benzene ring substituents is 1. The molecule has 1 aliphatic carbocycles. The van der Waals surface area contributed by atoms with Gasteiger partial charge in [-0.3, -0.25) is 14.9 Å². The summed E-state index contributed by atoms with van der Waals surface area (Å²) in [7, 11) is 0. The largest absolute Gasteiger partial charge is 0.325 e. The number of nitrogens with one attached hydrogen (secondary N) is 1. The maximum Gasteiger partial charge on any atom is 0.272 e. The molecule has 0 aromatic heterocycles. The van der Waals surface area contributed by atoms with Crippen molar-refractivity contribution in [3.8, 4) is 6.07 Å². The van der Waals surface area contributed by atoms with E-state index in [0.717, 1.165) is 12.8 Å². The highest BCUT2D eigenvalue weighted by molar-refractivity contribution is 5.97. The van der Waals surface area contributed by atoms with Crippen molar-refractivity contribution in [3.05, 3.63) is 33.9 Å². The van der Waals surface area contributed by atoms with E-state index >= 15 is 0 Å². The molecule has 2 rings (SSSR count). The van der Waals surface area contributed by atoms with Crippen LogP contribution in [0.1, 0.15) is 31.2 Å². The monoisotopic (exact) mass is 273 g/mol. The summed E-state index contributed by atoms with van der Waals surface area (Å²) in [5.74, 6) is -0.314. The summed E-state index contributed by atoms with van der Waals surface area (Å²) in [4.78, 5) is 22.5. The fraction of sp³-hybridized carbons (Fsp3) is 0.429. The van der Waals surface area contributed by atoms with Crippen molar-refractivity contribution in [2.45, 2.75) is 32.6 Å². The van der Waals surface area contributed by atoms with Gasteiger partial charge in [0.05, 0.1) is 11.0 Å². The summed E-state index contributed by atoms with van der Waals surface area (Å²) < 4.78 is 0. The predicted octanol–water partition coefficient (Wildman–Crippen LogP) is 2.93. The molecule has 0 unspecified atom stereocenters. The summed E-state index contributed by atoms with van der Waals surface area (Å²) in [6.07, 6.45) is 2.89. The SMILES string of the molecule is Cc1cc(NC(=O)C2(C#N)CCCC2)ccc1[N+](=O)[O-]. The molecule has 0 radical (unpaired) electrons. The normalized spacial score (nSPS) is 16.4. The van der Waals surface area contributed by atoms with Gasteiger partial charge in [0, 0.05) is 17.3 Å². The van der Waals surface area contributed by atoms with Gasteiger partial charge in [-0.1, -0.05) is 12.8 Å². The lowest BCUT2D eigenvalue weighted by Gasteiger charge is -2.19. The van der Waals surface area contributed by atoms with E-state index in [1.807, 2.05) is 0 Å². The van der Waals surface area contributed by atoms with Crippen molar-refractivity contribution in [1.29, 1.82) is 5.26 Å². The zero-order valence-corrected chi connectivity index (χ0v) is 11.2. The summed E-state index contributed by atoms with van der Waals surface area (Å²) in [6.45, 7) is 1.61. The van der Waals surface area contributed by atoms with Crippen LogP contribution in [0.4, 0.5) is 11.4 Å². The highest BCUT2D eigenvalue weighted by Gasteiger charge is 2.41. The average molecular weight is 273 g/mol. The summed E-state index contributed by atoms with van der Waals surface area (Å²) in [5.41, 5.74) is 0.0269. The molecule has 1 aliphatic rings. The number of nitrogens with zero attached hydrogens (tertiary/aromatic N) is 2. The van der Waals surface area contributed by atoms with Crippen LogP contribution in [0.15, 0.2) is 18.2 Å². The van der Waals surface area contributed by atoms with Crippen LogP contribution in [0.25, 0.3) is 0 Å². The molecule has 1 fully saturated rings. The first-order valence-corrected chi connectivity index (χ1v) is 6.46. The molecule has 0 spiro atoms. The molecule has 1 aromatic rings. The lowest BCUT2D eigenvalue weighted by atomic mass is 9.87. The van der Waals surface area contributed by atoms with E-state index in [-0.39, 0.29) is 11.6 Å².